The van der Waals surface area contributed by atoms with Gasteiger partial charge in [0, 0.05) is 11.8 Å². The van der Waals surface area contributed by atoms with Crippen molar-refractivity contribution in [1.29, 1.82) is 0 Å². The van der Waals surface area contributed by atoms with Crippen molar-refractivity contribution in [3.63, 3.8) is 0 Å². The molecular formula is C16H17N3. The highest BCUT2D eigenvalue weighted by molar-refractivity contribution is 6.38. The Balaban J connectivity index is 2.06. The Hall–Kier alpha value is -2.42. The van der Waals surface area contributed by atoms with Crippen LogP contribution in [0.5, 0.6) is 0 Å². The fraction of sp³-hybridized carbons (Fsp3) is 0.125. The molecule has 0 saturated heterocycles. The molecule has 2 aromatic rings. The lowest BCUT2D eigenvalue weighted by Gasteiger charge is -2.00. The number of aliphatic imine (C=N–C) groups is 1. The summed E-state index contributed by atoms with van der Waals surface area (Å²) >= 11 is 0. The predicted molar refractivity (Wildman–Crippen MR) is 80.5 cm³/mol. The van der Waals surface area contributed by atoms with E-state index in [0.29, 0.717) is 12.3 Å². The van der Waals surface area contributed by atoms with Gasteiger partial charge in [0.25, 0.3) is 0 Å². The van der Waals surface area contributed by atoms with Crippen molar-refractivity contribution in [3.05, 3.63) is 71.3 Å². The van der Waals surface area contributed by atoms with Gasteiger partial charge in [-0.3, -0.25) is 4.99 Å². The lowest BCUT2D eigenvalue weighted by Crippen LogP contribution is -2.06. The van der Waals surface area contributed by atoms with Crippen molar-refractivity contribution >= 4 is 11.9 Å². The minimum absolute atomic E-state index is 0.631. The van der Waals surface area contributed by atoms with Gasteiger partial charge >= 0.3 is 0 Å². The molecule has 2 N–H and O–H groups in total. The van der Waals surface area contributed by atoms with E-state index >= 15 is 0 Å². The monoisotopic (exact) mass is 251 g/mol. The summed E-state index contributed by atoms with van der Waals surface area (Å²) in [7, 11) is 0. The zero-order valence-corrected chi connectivity index (χ0v) is 11.0. The second kappa shape index (κ2) is 6.50. The van der Waals surface area contributed by atoms with Gasteiger partial charge in [-0.25, -0.2) is 0 Å². The molecule has 0 aliphatic carbocycles. The molecular weight excluding hydrogens is 234 g/mol. The highest BCUT2D eigenvalue weighted by atomic mass is 15.1. The maximum atomic E-state index is 5.42. The summed E-state index contributed by atoms with van der Waals surface area (Å²) in [6.07, 6.45) is 1.72. The SMILES string of the molecule is Cc1ccc(/C(C=NCc2ccccc2)=N/N)cc1. The molecule has 0 aliphatic rings. The normalized spacial score (nSPS) is 11.9. The molecule has 2 aromatic carbocycles. The smallest absolute Gasteiger partial charge is 0.108 e. The second-order valence-electron chi connectivity index (χ2n) is 4.34. The van der Waals surface area contributed by atoms with E-state index < -0.39 is 0 Å². The van der Waals surface area contributed by atoms with Crippen LogP contribution in [0.1, 0.15) is 16.7 Å². The van der Waals surface area contributed by atoms with Crippen molar-refractivity contribution in [2.75, 3.05) is 0 Å². The molecule has 0 aliphatic heterocycles. The zero-order chi connectivity index (χ0) is 13.5. The molecule has 0 amide bonds. The molecule has 0 aromatic heterocycles. The molecule has 0 spiro atoms. The molecule has 0 fully saturated rings. The Bertz CT molecular complexity index is 569. The molecule has 0 saturated carbocycles. The largest absolute Gasteiger partial charge is 0.323 e. The fourth-order valence-corrected chi connectivity index (χ4v) is 1.73. The summed E-state index contributed by atoms with van der Waals surface area (Å²) in [6, 6.07) is 18.1. The number of rotatable bonds is 4. The summed E-state index contributed by atoms with van der Waals surface area (Å²) < 4.78 is 0. The Kier molecular flexibility index (Phi) is 4.45. The van der Waals surface area contributed by atoms with Crippen LogP contribution in [0.15, 0.2) is 64.7 Å². The Morgan fingerprint density at radius 1 is 1.05 bits per heavy atom. The minimum atomic E-state index is 0.631. The lowest BCUT2D eigenvalue weighted by molar-refractivity contribution is 1.08. The molecule has 0 heterocycles. The molecule has 0 radical (unpaired) electrons. The van der Waals surface area contributed by atoms with Crippen molar-refractivity contribution < 1.29 is 0 Å². The van der Waals surface area contributed by atoms with Gasteiger partial charge in [0.1, 0.15) is 5.71 Å². The van der Waals surface area contributed by atoms with Crippen LogP contribution in [0.3, 0.4) is 0 Å². The van der Waals surface area contributed by atoms with Crippen molar-refractivity contribution in [1.82, 2.24) is 0 Å². The number of aryl methyl sites for hydroxylation is 1. The first-order valence-corrected chi connectivity index (χ1v) is 6.18. The number of hydrazone groups is 1. The molecule has 19 heavy (non-hydrogen) atoms. The first-order valence-electron chi connectivity index (χ1n) is 6.18. The number of hydrogen-bond acceptors (Lipinski definition) is 3. The quantitative estimate of drug-likeness (QED) is 0.507. The maximum Gasteiger partial charge on any atom is 0.108 e. The average molecular weight is 251 g/mol. The highest BCUT2D eigenvalue weighted by Crippen LogP contribution is 2.04. The van der Waals surface area contributed by atoms with Crippen LogP contribution in [-0.4, -0.2) is 11.9 Å². The third kappa shape index (κ3) is 3.78. The summed E-state index contributed by atoms with van der Waals surface area (Å²) in [6.45, 7) is 2.68. The zero-order valence-electron chi connectivity index (χ0n) is 11.0. The van der Waals surface area contributed by atoms with Gasteiger partial charge in [-0.15, -0.1) is 0 Å². The number of benzene rings is 2. The van der Waals surface area contributed by atoms with E-state index in [-0.39, 0.29) is 0 Å². The van der Waals surface area contributed by atoms with Crippen LogP contribution in [0, 0.1) is 6.92 Å². The molecule has 0 unspecified atom stereocenters. The first-order chi connectivity index (χ1) is 9.29. The van der Waals surface area contributed by atoms with E-state index in [0.717, 1.165) is 5.56 Å². The number of nitrogens with zero attached hydrogens (tertiary/aromatic N) is 2. The summed E-state index contributed by atoms with van der Waals surface area (Å²) in [5, 5.41) is 3.79. The van der Waals surface area contributed by atoms with Gasteiger partial charge < -0.3 is 5.84 Å². The van der Waals surface area contributed by atoms with E-state index in [1.807, 2.05) is 61.5 Å². The Labute approximate surface area is 113 Å². The van der Waals surface area contributed by atoms with Crippen molar-refractivity contribution in [2.24, 2.45) is 15.9 Å². The Morgan fingerprint density at radius 2 is 1.74 bits per heavy atom. The topological polar surface area (TPSA) is 50.7 Å². The van der Waals surface area contributed by atoms with Crippen LogP contribution in [0.25, 0.3) is 0 Å². The van der Waals surface area contributed by atoms with Crippen LogP contribution in [-0.2, 0) is 6.54 Å². The third-order valence-electron chi connectivity index (χ3n) is 2.82. The lowest BCUT2D eigenvalue weighted by atomic mass is 10.1. The van der Waals surface area contributed by atoms with Gasteiger partial charge in [-0.2, -0.15) is 5.10 Å². The van der Waals surface area contributed by atoms with Gasteiger partial charge in [0.2, 0.25) is 0 Å². The number of nitrogens with two attached hydrogens (primary N) is 1. The highest BCUT2D eigenvalue weighted by Gasteiger charge is 1.99. The summed E-state index contributed by atoms with van der Waals surface area (Å²) in [5.41, 5.74) is 4.04. The van der Waals surface area contributed by atoms with E-state index in [1.165, 1.54) is 11.1 Å². The van der Waals surface area contributed by atoms with Crippen LogP contribution in [0.4, 0.5) is 0 Å². The predicted octanol–water partition coefficient (Wildman–Crippen LogP) is 2.93. The van der Waals surface area contributed by atoms with Crippen molar-refractivity contribution in [2.45, 2.75) is 13.5 Å². The van der Waals surface area contributed by atoms with Gasteiger partial charge in [-0.05, 0) is 12.5 Å². The van der Waals surface area contributed by atoms with E-state index in [2.05, 4.69) is 10.1 Å². The number of hydrogen-bond donors (Lipinski definition) is 1. The molecule has 96 valence electrons. The fourth-order valence-electron chi connectivity index (χ4n) is 1.73. The van der Waals surface area contributed by atoms with Crippen LogP contribution < -0.4 is 5.84 Å². The molecule has 0 atom stereocenters. The van der Waals surface area contributed by atoms with E-state index in [4.69, 9.17) is 5.84 Å². The Morgan fingerprint density at radius 3 is 2.37 bits per heavy atom. The van der Waals surface area contributed by atoms with Crippen molar-refractivity contribution in [3.8, 4) is 0 Å². The first kappa shape index (κ1) is 13.0. The summed E-state index contributed by atoms with van der Waals surface area (Å²) in [5.74, 6) is 5.42. The standard InChI is InChI=1S/C16H17N3/c1-13-7-9-15(10-8-13)16(19-17)12-18-11-14-5-3-2-4-6-14/h2-10,12H,11,17H2,1H3/b18-12?,19-16+. The minimum Gasteiger partial charge on any atom is -0.323 e. The molecule has 0 bridgehead atoms. The van der Waals surface area contributed by atoms with Gasteiger partial charge in [0.05, 0.1) is 6.54 Å². The van der Waals surface area contributed by atoms with Gasteiger partial charge in [-0.1, -0.05) is 60.2 Å². The van der Waals surface area contributed by atoms with Crippen LogP contribution in [0.2, 0.25) is 0 Å². The van der Waals surface area contributed by atoms with Crippen LogP contribution >= 0.6 is 0 Å². The summed E-state index contributed by atoms with van der Waals surface area (Å²) in [4.78, 5) is 4.38. The molecule has 3 nitrogen and oxygen atoms in total. The maximum absolute atomic E-state index is 5.42. The average Bonchev–Trinajstić information content (AvgIpc) is 2.46. The third-order valence-corrected chi connectivity index (χ3v) is 2.82. The second-order valence-corrected chi connectivity index (χ2v) is 4.34. The van der Waals surface area contributed by atoms with E-state index in [9.17, 15) is 0 Å². The van der Waals surface area contributed by atoms with Gasteiger partial charge in [0.15, 0.2) is 0 Å². The molecule has 3 heteroatoms. The molecule has 2 rings (SSSR count). The van der Waals surface area contributed by atoms with E-state index in [1.54, 1.807) is 6.21 Å².